The second-order valence-corrected chi connectivity index (χ2v) is 7.42. The van der Waals surface area contributed by atoms with E-state index in [1.54, 1.807) is 41.5 Å². The Labute approximate surface area is 119 Å². The molecule has 6 heteroatoms. The van der Waals surface area contributed by atoms with Crippen LogP contribution < -0.4 is 0 Å². The van der Waals surface area contributed by atoms with E-state index in [4.69, 9.17) is 4.74 Å². The number of aliphatic hydroxyl groups is 1. The highest BCUT2D eigenvalue weighted by molar-refractivity contribution is 5.69. The molecule has 0 aromatic heterocycles. The Hall–Kier alpha value is -0.910. The lowest BCUT2D eigenvalue weighted by Crippen LogP contribution is -2.65. The number of nitrogens with zero attached hydrogens (tertiary/aromatic N) is 1. The number of carbonyl (C=O) groups excluding carboxylic acids is 1. The van der Waals surface area contributed by atoms with Crippen LogP contribution in [0.2, 0.25) is 0 Å². The molecule has 20 heavy (non-hydrogen) atoms. The summed E-state index contributed by atoms with van der Waals surface area (Å²) in [4.78, 5) is 13.2. The maximum atomic E-state index is 14.3. The SMILES string of the molecule is CC(C)(C)OC(=O)N1CCC(O)C(F)(F)C1C(C)(C)C. The molecule has 1 aliphatic heterocycles. The van der Waals surface area contributed by atoms with Gasteiger partial charge >= 0.3 is 6.09 Å². The fourth-order valence-electron chi connectivity index (χ4n) is 2.54. The third kappa shape index (κ3) is 3.59. The van der Waals surface area contributed by atoms with Crippen LogP contribution in [0.15, 0.2) is 0 Å². The van der Waals surface area contributed by atoms with Crippen LogP contribution >= 0.6 is 0 Å². The average molecular weight is 293 g/mol. The quantitative estimate of drug-likeness (QED) is 0.747. The lowest BCUT2D eigenvalue weighted by molar-refractivity contribution is -0.203. The molecule has 4 nitrogen and oxygen atoms in total. The van der Waals surface area contributed by atoms with Crippen molar-refractivity contribution in [2.24, 2.45) is 5.41 Å². The lowest BCUT2D eigenvalue weighted by atomic mass is 9.77. The van der Waals surface area contributed by atoms with Crippen LogP contribution in [0.1, 0.15) is 48.0 Å². The zero-order valence-corrected chi connectivity index (χ0v) is 13.0. The van der Waals surface area contributed by atoms with Gasteiger partial charge in [-0.1, -0.05) is 20.8 Å². The summed E-state index contributed by atoms with van der Waals surface area (Å²) >= 11 is 0. The highest BCUT2D eigenvalue weighted by Gasteiger charge is 2.58. The van der Waals surface area contributed by atoms with Crippen LogP contribution in [0.3, 0.4) is 0 Å². The molecule has 0 bridgehead atoms. The first kappa shape index (κ1) is 17.1. The first-order valence-corrected chi connectivity index (χ1v) is 6.82. The molecule has 1 saturated heterocycles. The molecule has 1 amide bonds. The van der Waals surface area contributed by atoms with E-state index in [9.17, 15) is 18.7 Å². The topological polar surface area (TPSA) is 49.8 Å². The fourth-order valence-corrected chi connectivity index (χ4v) is 2.54. The van der Waals surface area contributed by atoms with Crippen molar-refractivity contribution in [3.8, 4) is 0 Å². The summed E-state index contributed by atoms with van der Waals surface area (Å²) in [5, 5.41) is 9.57. The van der Waals surface area contributed by atoms with Gasteiger partial charge < -0.3 is 9.84 Å². The zero-order valence-electron chi connectivity index (χ0n) is 13.0. The van der Waals surface area contributed by atoms with E-state index in [0.717, 1.165) is 4.90 Å². The Morgan fingerprint density at radius 3 is 2.15 bits per heavy atom. The van der Waals surface area contributed by atoms with Gasteiger partial charge in [0.05, 0.1) is 0 Å². The molecular weight excluding hydrogens is 268 g/mol. The monoisotopic (exact) mass is 293 g/mol. The van der Waals surface area contributed by atoms with Gasteiger partial charge in [-0.2, -0.15) is 0 Å². The molecule has 0 aromatic carbocycles. The molecule has 0 spiro atoms. The number of rotatable bonds is 0. The number of amides is 1. The summed E-state index contributed by atoms with van der Waals surface area (Å²) in [6, 6.07) is -1.39. The van der Waals surface area contributed by atoms with Crippen molar-refractivity contribution in [1.82, 2.24) is 4.90 Å². The lowest BCUT2D eigenvalue weighted by Gasteiger charge is -2.49. The Kier molecular flexibility index (Phi) is 4.40. The van der Waals surface area contributed by atoms with Gasteiger partial charge in [-0.25, -0.2) is 13.6 Å². The van der Waals surface area contributed by atoms with Gasteiger partial charge in [-0.15, -0.1) is 0 Å². The van der Waals surface area contributed by atoms with Crippen molar-refractivity contribution >= 4 is 6.09 Å². The second-order valence-electron chi connectivity index (χ2n) is 7.42. The molecule has 1 aliphatic rings. The number of aliphatic hydroxyl groups excluding tert-OH is 1. The molecule has 0 aliphatic carbocycles. The molecule has 1 N–H and O–H groups in total. The van der Waals surface area contributed by atoms with Crippen LogP contribution in [-0.2, 0) is 4.74 Å². The molecule has 0 saturated carbocycles. The van der Waals surface area contributed by atoms with Crippen molar-refractivity contribution in [1.29, 1.82) is 0 Å². The molecule has 2 atom stereocenters. The van der Waals surface area contributed by atoms with Crippen LogP contribution in [0.5, 0.6) is 0 Å². The van der Waals surface area contributed by atoms with E-state index in [1.807, 2.05) is 0 Å². The summed E-state index contributed by atoms with van der Waals surface area (Å²) in [5.74, 6) is -3.35. The molecular formula is C14H25F2NO3. The van der Waals surface area contributed by atoms with Crippen molar-refractivity contribution < 1.29 is 23.4 Å². The minimum absolute atomic E-state index is 0.0631. The maximum Gasteiger partial charge on any atom is 0.410 e. The summed E-state index contributed by atoms with van der Waals surface area (Å²) in [5.41, 5.74) is -1.62. The number of hydrogen-bond donors (Lipinski definition) is 1. The Balaban J connectivity index is 3.08. The number of hydrogen-bond acceptors (Lipinski definition) is 3. The van der Waals surface area contributed by atoms with Gasteiger partial charge in [0.2, 0.25) is 0 Å². The second kappa shape index (κ2) is 5.13. The highest BCUT2D eigenvalue weighted by Crippen LogP contribution is 2.42. The summed E-state index contributed by atoms with van der Waals surface area (Å²) in [7, 11) is 0. The van der Waals surface area contributed by atoms with E-state index in [0.29, 0.717) is 0 Å². The van der Waals surface area contributed by atoms with E-state index in [-0.39, 0.29) is 13.0 Å². The normalized spacial score (nSPS) is 27.4. The standard InChI is InChI=1S/C14H25F2NO3/c1-12(2,3)10-14(15,16)9(18)7-8-17(10)11(19)20-13(4,5)6/h9-10,18H,7-8H2,1-6H3. The molecule has 118 valence electrons. The fraction of sp³-hybridized carbons (Fsp3) is 0.929. The summed E-state index contributed by atoms with van der Waals surface area (Å²) < 4.78 is 33.8. The van der Waals surface area contributed by atoms with Gasteiger partial charge in [0.1, 0.15) is 17.7 Å². The van der Waals surface area contributed by atoms with Gasteiger partial charge in [-0.05, 0) is 32.6 Å². The summed E-state index contributed by atoms with van der Waals surface area (Å²) in [6.07, 6.45) is -2.65. The number of piperidine rings is 1. The van der Waals surface area contributed by atoms with Crippen LogP contribution in [0, 0.1) is 5.41 Å². The zero-order chi connectivity index (χ0) is 15.9. The van der Waals surface area contributed by atoms with Crippen molar-refractivity contribution in [3.05, 3.63) is 0 Å². The first-order valence-electron chi connectivity index (χ1n) is 6.82. The van der Waals surface area contributed by atoms with Crippen LogP contribution in [0.25, 0.3) is 0 Å². The third-order valence-corrected chi connectivity index (χ3v) is 3.21. The number of likely N-dealkylation sites (tertiary alicyclic amines) is 1. The molecule has 1 rings (SSSR count). The highest BCUT2D eigenvalue weighted by atomic mass is 19.3. The first-order chi connectivity index (χ1) is 8.77. The predicted molar refractivity (Wildman–Crippen MR) is 71.8 cm³/mol. The number of alkyl halides is 2. The van der Waals surface area contributed by atoms with Gasteiger partial charge in [0.15, 0.2) is 0 Å². The van der Waals surface area contributed by atoms with E-state index < -0.39 is 35.2 Å². The summed E-state index contributed by atoms with van der Waals surface area (Å²) in [6.45, 7) is 10.0. The molecule has 0 radical (unpaired) electrons. The Morgan fingerprint density at radius 1 is 1.25 bits per heavy atom. The van der Waals surface area contributed by atoms with E-state index in [1.165, 1.54) is 0 Å². The number of ether oxygens (including phenoxy) is 1. The van der Waals surface area contributed by atoms with E-state index >= 15 is 0 Å². The number of halogens is 2. The molecule has 0 aromatic rings. The van der Waals surface area contributed by atoms with E-state index in [2.05, 4.69) is 0 Å². The molecule has 2 unspecified atom stereocenters. The Bertz CT molecular complexity index is 372. The molecule has 1 fully saturated rings. The van der Waals surface area contributed by atoms with Gasteiger partial charge in [-0.3, -0.25) is 4.90 Å². The van der Waals surface area contributed by atoms with Crippen LogP contribution in [0.4, 0.5) is 13.6 Å². The van der Waals surface area contributed by atoms with Crippen molar-refractivity contribution in [3.63, 3.8) is 0 Å². The van der Waals surface area contributed by atoms with Crippen LogP contribution in [-0.4, -0.2) is 46.3 Å². The van der Waals surface area contributed by atoms with Crippen molar-refractivity contribution in [2.75, 3.05) is 6.54 Å². The van der Waals surface area contributed by atoms with Crippen molar-refractivity contribution in [2.45, 2.75) is 71.6 Å². The predicted octanol–water partition coefficient (Wildman–Crippen LogP) is 3.04. The largest absolute Gasteiger partial charge is 0.444 e. The van der Waals surface area contributed by atoms with Gasteiger partial charge in [0, 0.05) is 6.54 Å². The Morgan fingerprint density at radius 2 is 1.75 bits per heavy atom. The average Bonchev–Trinajstić information content (AvgIpc) is 2.16. The smallest absolute Gasteiger partial charge is 0.410 e. The number of carbonyl (C=O) groups is 1. The molecule has 1 heterocycles. The minimum atomic E-state index is -3.35. The third-order valence-electron chi connectivity index (χ3n) is 3.21. The van der Waals surface area contributed by atoms with Gasteiger partial charge in [0.25, 0.3) is 5.92 Å². The maximum absolute atomic E-state index is 14.3. The minimum Gasteiger partial charge on any atom is -0.444 e.